The number of anilines is 1. The topological polar surface area (TPSA) is 57.6 Å². The zero-order chi connectivity index (χ0) is 25.1. The minimum Gasteiger partial charge on any atom is -0.334 e. The van der Waals surface area contributed by atoms with Gasteiger partial charge >= 0.3 is 6.03 Å². The molecule has 0 bridgehead atoms. The fourth-order valence-electron chi connectivity index (χ4n) is 4.80. The molecular weight excluding hydrogens is 448 g/mol. The number of carbonyl (C=O) groups is 2. The normalized spacial score (nSPS) is 14.2. The number of aromatic nitrogens is 1. The average molecular weight is 479 g/mol. The van der Waals surface area contributed by atoms with Gasteiger partial charge in [-0.2, -0.15) is 0 Å². The quantitative estimate of drug-likeness (QED) is 0.396. The SMILES string of the molecule is CC(C)N(CC(=O)N1c2ccccc2-n2cccc2C1c1ccccc1)C(=O)NCc1ccccc1. The van der Waals surface area contributed by atoms with Gasteiger partial charge in [-0.25, -0.2) is 4.79 Å². The van der Waals surface area contributed by atoms with Crippen LogP contribution in [0.4, 0.5) is 10.5 Å². The Morgan fingerprint density at radius 2 is 1.47 bits per heavy atom. The number of rotatable bonds is 6. The average Bonchev–Trinajstić information content (AvgIpc) is 3.40. The van der Waals surface area contributed by atoms with Gasteiger partial charge in [-0.3, -0.25) is 9.69 Å². The van der Waals surface area contributed by atoms with Crippen LogP contribution in [0, 0.1) is 0 Å². The monoisotopic (exact) mass is 478 g/mol. The van der Waals surface area contributed by atoms with E-state index in [9.17, 15) is 9.59 Å². The number of para-hydroxylation sites is 2. The lowest BCUT2D eigenvalue weighted by atomic mass is 9.97. The Morgan fingerprint density at radius 1 is 0.833 bits per heavy atom. The summed E-state index contributed by atoms with van der Waals surface area (Å²) in [5.74, 6) is -0.132. The first-order chi connectivity index (χ1) is 17.5. The molecule has 2 heterocycles. The Labute approximate surface area is 211 Å². The van der Waals surface area contributed by atoms with Crippen LogP contribution in [0.3, 0.4) is 0 Å². The van der Waals surface area contributed by atoms with Crippen LogP contribution in [-0.4, -0.2) is 34.0 Å². The molecule has 3 amide bonds. The maximum Gasteiger partial charge on any atom is 0.318 e. The number of nitrogens with one attached hydrogen (secondary N) is 1. The number of nitrogens with zero attached hydrogens (tertiary/aromatic N) is 3. The lowest BCUT2D eigenvalue weighted by Crippen LogP contribution is -2.51. The summed E-state index contributed by atoms with van der Waals surface area (Å²) in [4.78, 5) is 30.7. The molecular formula is C30H30N4O2. The van der Waals surface area contributed by atoms with Crippen molar-refractivity contribution in [2.45, 2.75) is 32.5 Å². The summed E-state index contributed by atoms with van der Waals surface area (Å²) in [6.45, 7) is 4.24. The molecule has 36 heavy (non-hydrogen) atoms. The Hall–Kier alpha value is -4.32. The predicted octanol–water partition coefficient (Wildman–Crippen LogP) is 5.53. The van der Waals surface area contributed by atoms with Crippen molar-refractivity contribution in [3.8, 4) is 5.69 Å². The zero-order valence-corrected chi connectivity index (χ0v) is 20.5. The maximum atomic E-state index is 14.1. The molecule has 4 aromatic rings. The molecule has 6 nitrogen and oxygen atoms in total. The number of amides is 3. The summed E-state index contributed by atoms with van der Waals surface area (Å²) in [7, 11) is 0. The summed E-state index contributed by atoms with van der Waals surface area (Å²) < 4.78 is 2.14. The smallest absolute Gasteiger partial charge is 0.318 e. The molecule has 1 atom stereocenters. The molecule has 0 saturated carbocycles. The number of hydrogen-bond donors (Lipinski definition) is 1. The van der Waals surface area contributed by atoms with Gasteiger partial charge in [0, 0.05) is 18.8 Å². The van der Waals surface area contributed by atoms with Crippen molar-refractivity contribution in [1.29, 1.82) is 0 Å². The molecule has 0 spiro atoms. The van der Waals surface area contributed by atoms with Gasteiger partial charge in [0.2, 0.25) is 5.91 Å². The van der Waals surface area contributed by atoms with Crippen LogP contribution in [0.2, 0.25) is 0 Å². The first kappa shape index (κ1) is 23.4. The van der Waals surface area contributed by atoms with E-state index < -0.39 is 0 Å². The van der Waals surface area contributed by atoms with E-state index in [1.807, 2.05) is 116 Å². The van der Waals surface area contributed by atoms with Gasteiger partial charge in [0.1, 0.15) is 12.6 Å². The van der Waals surface area contributed by atoms with Crippen molar-refractivity contribution < 1.29 is 9.59 Å². The zero-order valence-electron chi connectivity index (χ0n) is 20.5. The van der Waals surface area contributed by atoms with Crippen LogP contribution < -0.4 is 10.2 Å². The first-order valence-corrected chi connectivity index (χ1v) is 12.3. The van der Waals surface area contributed by atoms with E-state index >= 15 is 0 Å². The molecule has 3 aromatic carbocycles. The third-order valence-electron chi connectivity index (χ3n) is 6.58. The maximum absolute atomic E-state index is 14.1. The summed E-state index contributed by atoms with van der Waals surface area (Å²) in [6.07, 6.45) is 2.03. The second kappa shape index (κ2) is 10.1. The highest BCUT2D eigenvalue weighted by molar-refractivity contribution is 6.00. The standard InChI is InChI=1S/C30H30N4O2/c1-22(2)33(30(36)31-20-23-12-5-3-6-13-23)21-28(35)34-26-17-10-9-16-25(26)32-19-11-18-27(32)29(34)24-14-7-4-8-15-24/h3-19,22,29H,20-21H2,1-2H3,(H,31,36). The van der Waals surface area contributed by atoms with Crippen molar-refractivity contribution in [2.75, 3.05) is 11.4 Å². The van der Waals surface area contributed by atoms with Gasteiger partial charge < -0.3 is 14.8 Å². The molecule has 1 aliphatic heterocycles. The number of carbonyl (C=O) groups excluding carboxylic acids is 2. The Morgan fingerprint density at radius 3 is 2.17 bits per heavy atom. The van der Waals surface area contributed by atoms with Gasteiger partial charge in [0.15, 0.2) is 0 Å². The molecule has 1 aromatic heterocycles. The first-order valence-electron chi connectivity index (χ1n) is 12.3. The summed E-state index contributed by atoms with van der Waals surface area (Å²) >= 11 is 0. The minimum absolute atomic E-state index is 0.0311. The van der Waals surface area contributed by atoms with Gasteiger partial charge in [-0.15, -0.1) is 0 Å². The van der Waals surface area contributed by atoms with Crippen LogP contribution >= 0.6 is 0 Å². The molecule has 0 fully saturated rings. The van der Waals surface area contributed by atoms with Crippen LogP contribution in [0.25, 0.3) is 5.69 Å². The molecule has 1 unspecified atom stereocenters. The third kappa shape index (κ3) is 4.50. The lowest BCUT2D eigenvalue weighted by Gasteiger charge is -2.40. The molecule has 1 aliphatic rings. The van der Waals surface area contributed by atoms with E-state index in [1.54, 1.807) is 4.90 Å². The predicted molar refractivity (Wildman–Crippen MR) is 142 cm³/mol. The van der Waals surface area contributed by atoms with Crippen molar-refractivity contribution >= 4 is 17.6 Å². The highest BCUT2D eigenvalue weighted by Gasteiger charge is 2.37. The van der Waals surface area contributed by atoms with E-state index in [1.165, 1.54) is 0 Å². The molecule has 0 saturated heterocycles. The number of urea groups is 1. The lowest BCUT2D eigenvalue weighted by molar-refractivity contribution is -0.120. The highest BCUT2D eigenvalue weighted by atomic mass is 16.2. The fourth-order valence-corrected chi connectivity index (χ4v) is 4.80. The number of benzene rings is 3. The van der Waals surface area contributed by atoms with Crippen LogP contribution in [-0.2, 0) is 11.3 Å². The van der Waals surface area contributed by atoms with E-state index in [2.05, 4.69) is 16.0 Å². The van der Waals surface area contributed by atoms with Gasteiger partial charge in [-0.05, 0) is 49.2 Å². The molecule has 0 radical (unpaired) electrons. The van der Waals surface area contributed by atoms with E-state index in [4.69, 9.17) is 0 Å². The molecule has 0 aliphatic carbocycles. The van der Waals surface area contributed by atoms with Gasteiger partial charge in [-0.1, -0.05) is 72.8 Å². The van der Waals surface area contributed by atoms with Crippen molar-refractivity contribution in [1.82, 2.24) is 14.8 Å². The Bertz CT molecular complexity index is 1350. The van der Waals surface area contributed by atoms with Gasteiger partial charge in [0.25, 0.3) is 0 Å². The molecule has 5 rings (SSSR count). The number of hydrogen-bond acceptors (Lipinski definition) is 2. The van der Waals surface area contributed by atoms with Crippen molar-refractivity contribution in [3.63, 3.8) is 0 Å². The van der Waals surface area contributed by atoms with Crippen molar-refractivity contribution in [2.24, 2.45) is 0 Å². The third-order valence-corrected chi connectivity index (χ3v) is 6.58. The molecule has 1 N–H and O–H groups in total. The van der Waals surface area contributed by atoms with Crippen molar-refractivity contribution in [3.05, 3.63) is 120 Å². The minimum atomic E-state index is -0.301. The van der Waals surface area contributed by atoms with Crippen LogP contribution in [0.1, 0.15) is 36.7 Å². The Balaban J connectivity index is 1.46. The fraction of sp³-hybridized carbons (Fsp3) is 0.200. The van der Waals surface area contributed by atoms with E-state index in [0.29, 0.717) is 6.54 Å². The van der Waals surface area contributed by atoms with E-state index in [0.717, 1.165) is 28.2 Å². The molecule has 6 heteroatoms. The summed E-state index contributed by atoms with van der Waals surface area (Å²) in [5, 5.41) is 2.97. The second-order valence-electron chi connectivity index (χ2n) is 9.23. The van der Waals surface area contributed by atoms with Gasteiger partial charge in [0.05, 0.1) is 17.1 Å². The van der Waals surface area contributed by atoms with Crippen LogP contribution in [0.15, 0.2) is 103 Å². The second-order valence-corrected chi connectivity index (χ2v) is 9.23. The largest absolute Gasteiger partial charge is 0.334 e. The number of fused-ring (bicyclic) bond motifs is 3. The Kier molecular flexibility index (Phi) is 6.58. The summed E-state index contributed by atoms with van der Waals surface area (Å²) in [6, 6.07) is 31.1. The van der Waals surface area contributed by atoms with E-state index in [-0.39, 0.29) is 30.6 Å². The summed E-state index contributed by atoms with van der Waals surface area (Å²) in [5.41, 5.74) is 4.81. The van der Waals surface area contributed by atoms with Crippen LogP contribution in [0.5, 0.6) is 0 Å². The highest BCUT2D eigenvalue weighted by Crippen LogP contribution is 2.42. The molecule has 182 valence electrons.